The van der Waals surface area contributed by atoms with Gasteiger partial charge in [-0.15, -0.1) is 0 Å². The van der Waals surface area contributed by atoms with Gasteiger partial charge in [0.1, 0.15) is 0 Å². The van der Waals surface area contributed by atoms with Gasteiger partial charge in [0, 0.05) is 23.7 Å². The van der Waals surface area contributed by atoms with Gasteiger partial charge in [0.25, 0.3) is 0 Å². The van der Waals surface area contributed by atoms with E-state index in [-0.39, 0.29) is 6.04 Å². The minimum Gasteiger partial charge on any atom is -0.382 e. The number of allylic oxidation sites excluding steroid dienone is 2. The van der Waals surface area contributed by atoms with E-state index in [0.29, 0.717) is 23.0 Å². The number of hydrogen-bond donors (Lipinski definition) is 1. The molecule has 1 aromatic carbocycles. The van der Waals surface area contributed by atoms with Crippen LogP contribution in [0, 0.1) is 17.3 Å². The minimum atomic E-state index is 0.234. The summed E-state index contributed by atoms with van der Waals surface area (Å²) in [5, 5.41) is 3.52. The van der Waals surface area contributed by atoms with Crippen molar-refractivity contribution in [2.45, 2.75) is 40.2 Å². The zero-order valence-corrected chi connectivity index (χ0v) is 12.7. The second-order valence-electron chi connectivity index (χ2n) is 6.85. The minimum absolute atomic E-state index is 0.234. The number of rotatable bonds is 3. The molecule has 0 radical (unpaired) electrons. The second kappa shape index (κ2) is 4.47. The molecule has 0 bridgehead atoms. The van der Waals surface area contributed by atoms with Crippen molar-refractivity contribution in [1.29, 1.82) is 0 Å². The molecule has 3 atom stereocenters. The predicted molar refractivity (Wildman–Crippen MR) is 81.1 cm³/mol. The van der Waals surface area contributed by atoms with Crippen LogP contribution in [0.25, 0.3) is 0 Å². The van der Waals surface area contributed by atoms with Crippen molar-refractivity contribution in [3.05, 3.63) is 47.2 Å². The van der Waals surface area contributed by atoms with E-state index in [0.717, 1.165) is 17.7 Å². The summed E-state index contributed by atoms with van der Waals surface area (Å²) in [4.78, 5) is 12.2. The molecular formula is C18H23NO. The molecular weight excluding hydrogens is 246 g/mol. The number of nitrogens with one attached hydrogen (secondary N) is 1. The van der Waals surface area contributed by atoms with Gasteiger partial charge in [0.15, 0.2) is 5.78 Å². The van der Waals surface area contributed by atoms with E-state index >= 15 is 0 Å². The maximum Gasteiger partial charge on any atom is 0.161 e. The Labute approximate surface area is 121 Å². The van der Waals surface area contributed by atoms with Gasteiger partial charge < -0.3 is 5.32 Å². The van der Waals surface area contributed by atoms with E-state index < -0.39 is 0 Å². The summed E-state index contributed by atoms with van der Waals surface area (Å²) in [5.41, 5.74) is 3.71. The summed E-state index contributed by atoms with van der Waals surface area (Å²) < 4.78 is 0. The molecule has 3 rings (SSSR count). The number of carbonyl (C=O) groups is 1. The van der Waals surface area contributed by atoms with E-state index in [2.05, 4.69) is 57.3 Å². The Balaban J connectivity index is 1.80. The fourth-order valence-electron chi connectivity index (χ4n) is 3.85. The molecule has 1 aromatic rings. The number of benzene rings is 1. The lowest BCUT2D eigenvalue weighted by Crippen LogP contribution is -2.21. The van der Waals surface area contributed by atoms with Crippen molar-refractivity contribution >= 4 is 5.78 Å². The molecule has 2 fully saturated rings. The molecule has 2 aliphatic rings. The highest BCUT2D eigenvalue weighted by atomic mass is 16.1. The van der Waals surface area contributed by atoms with Crippen molar-refractivity contribution < 1.29 is 4.79 Å². The van der Waals surface area contributed by atoms with Crippen LogP contribution in [0.1, 0.15) is 45.7 Å². The average molecular weight is 269 g/mol. The van der Waals surface area contributed by atoms with Crippen LogP contribution in [0.15, 0.2) is 41.6 Å². The Morgan fingerprint density at radius 1 is 1.30 bits per heavy atom. The largest absolute Gasteiger partial charge is 0.382 e. The number of ketones is 1. The van der Waals surface area contributed by atoms with Gasteiger partial charge in [-0.2, -0.15) is 0 Å². The lowest BCUT2D eigenvalue weighted by Gasteiger charge is -2.19. The van der Waals surface area contributed by atoms with E-state index in [9.17, 15) is 4.79 Å². The first kappa shape index (κ1) is 13.4. The summed E-state index contributed by atoms with van der Waals surface area (Å²) in [5.74, 6) is 1.41. The number of carbonyl (C=O) groups excluding carboxylic acids is 1. The second-order valence-corrected chi connectivity index (χ2v) is 6.85. The molecule has 0 aromatic heterocycles. The zero-order valence-electron chi connectivity index (χ0n) is 12.7. The summed E-state index contributed by atoms with van der Waals surface area (Å²) in [7, 11) is 0. The Bertz CT molecular complexity index is 570. The van der Waals surface area contributed by atoms with Crippen LogP contribution in [-0.4, -0.2) is 5.78 Å². The lowest BCUT2D eigenvalue weighted by atomic mass is 9.95. The molecule has 106 valence electrons. The zero-order chi connectivity index (χ0) is 14.5. The van der Waals surface area contributed by atoms with Crippen LogP contribution in [0.5, 0.6) is 0 Å². The molecule has 0 amide bonds. The first-order valence-electron chi connectivity index (χ1n) is 7.48. The predicted octanol–water partition coefficient (Wildman–Crippen LogP) is 3.86. The van der Waals surface area contributed by atoms with Gasteiger partial charge in [-0.3, -0.25) is 4.79 Å². The summed E-state index contributed by atoms with van der Waals surface area (Å²) in [6, 6.07) is 10.6. The quantitative estimate of drug-likeness (QED) is 0.844. The number of fused-ring (bicyclic) bond motifs is 1. The Kier molecular flexibility index (Phi) is 3.00. The van der Waals surface area contributed by atoms with Crippen molar-refractivity contribution in [1.82, 2.24) is 5.32 Å². The topological polar surface area (TPSA) is 29.1 Å². The van der Waals surface area contributed by atoms with Crippen molar-refractivity contribution in [2.75, 3.05) is 0 Å². The van der Waals surface area contributed by atoms with Crippen LogP contribution < -0.4 is 5.32 Å². The third-order valence-electron chi connectivity index (χ3n) is 5.20. The summed E-state index contributed by atoms with van der Waals surface area (Å²) in [6.45, 7) is 8.77. The number of hydrogen-bond acceptors (Lipinski definition) is 2. The third kappa shape index (κ3) is 1.98. The SMILES string of the molecule is C/C(N[C@@H](C)c1ccccc1)=C1\C(=O)C[C@@H]2[C@H]1C2(C)C. The highest BCUT2D eigenvalue weighted by Gasteiger charge is 2.65. The van der Waals surface area contributed by atoms with Crippen LogP contribution in [0.2, 0.25) is 0 Å². The molecule has 0 saturated heterocycles. The van der Waals surface area contributed by atoms with Crippen LogP contribution in [0.4, 0.5) is 0 Å². The fraction of sp³-hybridized carbons (Fsp3) is 0.500. The maximum atomic E-state index is 12.2. The van der Waals surface area contributed by atoms with Crippen molar-refractivity contribution in [3.63, 3.8) is 0 Å². The summed E-state index contributed by atoms with van der Waals surface area (Å²) in [6.07, 6.45) is 0.742. The van der Waals surface area contributed by atoms with Gasteiger partial charge in [-0.25, -0.2) is 0 Å². The Hall–Kier alpha value is -1.57. The van der Waals surface area contributed by atoms with Crippen LogP contribution >= 0.6 is 0 Å². The van der Waals surface area contributed by atoms with E-state index in [4.69, 9.17) is 0 Å². The van der Waals surface area contributed by atoms with Gasteiger partial charge in [-0.1, -0.05) is 44.2 Å². The smallest absolute Gasteiger partial charge is 0.161 e. The normalized spacial score (nSPS) is 30.7. The molecule has 0 spiro atoms. The van der Waals surface area contributed by atoms with Crippen molar-refractivity contribution in [3.8, 4) is 0 Å². The standard InChI is InChI=1S/C18H23NO/c1-11(13-8-6-5-7-9-13)19-12(2)16-15(20)10-14-17(16)18(14,3)4/h5-9,11,14,17,19H,10H2,1-4H3/b16-12-/t11-,14+,17+/m0/s1. The molecule has 0 unspecified atom stereocenters. The lowest BCUT2D eigenvalue weighted by molar-refractivity contribution is -0.115. The van der Waals surface area contributed by atoms with E-state index in [1.165, 1.54) is 5.56 Å². The average Bonchev–Trinajstić information content (AvgIpc) is 2.78. The molecule has 1 N–H and O–H groups in total. The van der Waals surface area contributed by atoms with Gasteiger partial charge >= 0.3 is 0 Å². The van der Waals surface area contributed by atoms with E-state index in [1.54, 1.807) is 0 Å². The first-order valence-corrected chi connectivity index (χ1v) is 7.48. The van der Waals surface area contributed by atoms with Crippen LogP contribution in [-0.2, 0) is 4.79 Å². The Morgan fingerprint density at radius 2 is 1.95 bits per heavy atom. The van der Waals surface area contributed by atoms with E-state index in [1.807, 2.05) is 6.07 Å². The molecule has 20 heavy (non-hydrogen) atoms. The molecule has 2 nitrogen and oxygen atoms in total. The number of Topliss-reactive ketones (excluding diaryl/α,β-unsaturated/α-hetero) is 1. The van der Waals surface area contributed by atoms with Gasteiger partial charge in [0.2, 0.25) is 0 Å². The molecule has 2 aliphatic carbocycles. The van der Waals surface area contributed by atoms with Crippen molar-refractivity contribution in [2.24, 2.45) is 17.3 Å². The molecule has 2 heteroatoms. The monoisotopic (exact) mass is 269 g/mol. The van der Waals surface area contributed by atoms with Gasteiger partial charge in [0.05, 0.1) is 0 Å². The Morgan fingerprint density at radius 3 is 2.55 bits per heavy atom. The van der Waals surface area contributed by atoms with Crippen LogP contribution in [0.3, 0.4) is 0 Å². The molecule has 2 saturated carbocycles. The van der Waals surface area contributed by atoms with Gasteiger partial charge in [-0.05, 0) is 36.7 Å². The molecule has 0 aliphatic heterocycles. The highest BCUT2D eigenvalue weighted by molar-refractivity contribution is 6.01. The fourth-order valence-corrected chi connectivity index (χ4v) is 3.85. The maximum absolute atomic E-state index is 12.2. The molecule has 0 heterocycles. The third-order valence-corrected chi connectivity index (χ3v) is 5.20. The summed E-state index contributed by atoms with van der Waals surface area (Å²) >= 11 is 0. The first-order chi connectivity index (χ1) is 9.43. The highest BCUT2D eigenvalue weighted by Crippen LogP contribution is 2.68.